The number of aliphatic carboxylic acids is 1. The zero-order chi connectivity index (χ0) is 14.1. The highest BCUT2D eigenvalue weighted by molar-refractivity contribution is 5.70. The minimum atomic E-state index is -0.921. The van der Waals surface area contributed by atoms with E-state index in [0.717, 1.165) is 0 Å². The predicted octanol–water partition coefficient (Wildman–Crippen LogP) is 1.05. The van der Waals surface area contributed by atoms with E-state index in [1.807, 2.05) is 0 Å². The van der Waals surface area contributed by atoms with E-state index in [1.165, 1.54) is 0 Å². The molecule has 18 heavy (non-hydrogen) atoms. The number of nitrogens with two attached hydrogens (primary N) is 1. The summed E-state index contributed by atoms with van der Waals surface area (Å²) in [5, 5.41) is 8.76. The maximum Gasteiger partial charge on any atom is 0.410 e. The first kappa shape index (κ1) is 14.8. The van der Waals surface area contributed by atoms with Crippen LogP contribution in [0.4, 0.5) is 4.79 Å². The largest absolute Gasteiger partial charge is 0.481 e. The van der Waals surface area contributed by atoms with Crippen LogP contribution in [-0.4, -0.2) is 46.3 Å². The van der Waals surface area contributed by atoms with Crippen LogP contribution in [0.2, 0.25) is 0 Å². The standard InChI is InChI=1S/C12H22N2O4/c1-11(2,3)18-10(17)14-6-8(7-14)12(4,13)5-9(15)16/h8H,5-7,13H2,1-4H3,(H,15,16). The summed E-state index contributed by atoms with van der Waals surface area (Å²) in [6, 6.07) is 0. The molecule has 0 spiro atoms. The molecule has 1 rings (SSSR count). The van der Waals surface area contributed by atoms with Crippen LogP contribution in [0.3, 0.4) is 0 Å². The lowest BCUT2D eigenvalue weighted by Crippen LogP contribution is -2.63. The van der Waals surface area contributed by atoms with Gasteiger partial charge in [-0.1, -0.05) is 0 Å². The fraction of sp³-hybridized carbons (Fsp3) is 0.833. The van der Waals surface area contributed by atoms with E-state index >= 15 is 0 Å². The molecule has 1 aliphatic rings. The van der Waals surface area contributed by atoms with Crippen molar-refractivity contribution in [2.24, 2.45) is 11.7 Å². The number of carboxylic acid groups (broad SMARTS) is 1. The molecule has 6 nitrogen and oxygen atoms in total. The number of carboxylic acids is 1. The molecular formula is C12H22N2O4. The second-order valence-corrected chi connectivity index (χ2v) is 6.16. The molecule has 104 valence electrons. The maximum absolute atomic E-state index is 11.7. The molecule has 1 saturated heterocycles. The van der Waals surface area contributed by atoms with Crippen molar-refractivity contribution in [3.8, 4) is 0 Å². The van der Waals surface area contributed by atoms with Gasteiger partial charge in [-0.3, -0.25) is 4.79 Å². The van der Waals surface area contributed by atoms with Gasteiger partial charge in [0.15, 0.2) is 0 Å². The molecule has 1 fully saturated rings. The van der Waals surface area contributed by atoms with E-state index < -0.39 is 17.1 Å². The van der Waals surface area contributed by atoms with Crippen LogP contribution >= 0.6 is 0 Å². The van der Waals surface area contributed by atoms with Gasteiger partial charge < -0.3 is 20.5 Å². The van der Waals surface area contributed by atoms with E-state index in [1.54, 1.807) is 32.6 Å². The summed E-state index contributed by atoms with van der Waals surface area (Å²) >= 11 is 0. The van der Waals surface area contributed by atoms with Gasteiger partial charge in [0.1, 0.15) is 5.60 Å². The summed E-state index contributed by atoms with van der Waals surface area (Å²) < 4.78 is 5.21. The van der Waals surface area contributed by atoms with Crippen molar-refractivity contribution in [3.63, 3.8) is 0 Å². The van der Waals surface area contributed by atoms with E-state index in [-0.39, 0.29) is 18.4 Å². The number of amides is 1. The Morgan fingerprint density at radius 3 is 2.22 bits per heavy atom. The molecule has 3 N–H and O–H groups in total. The van der Waals surface area contributed by atoms with E-state index in [0.29, 0.717) is 13.1 Å². The van der Waals surface area contributed by atoms with E-state index in [9.17, 15) is 9.59 Å². The molecule has 1 amide bonds. The van der Waals surface area contributed by atoms with Gasteiger partial charge >= 0.3 is 12.1 Å². The van der Waals surface area contributed by atoms with Crippen LogP contribution in [0.25, 0.3) is 0 Å². The van der Waals surface area contributed by atoms with Crippen molar-refractivity contribution in [1.82, 2.24) is 4.90 Å². The number of ether oxygens (including phenoxy) is 1. The molecule has 1 atom stereocenters. The molecule has 0 aromatic heterocycles. The third kappa shape index (κ3) is 3.87. The van der Waals surface area contributed by atoms with E-state index in [4.69, 9.17) is 15.6 Å². The molecule has 0 aromatic rings. The Morgan fingerprint density at radius 1 is 1.33 bits per heavy atom. The lowest BCUT2D eigenvalue weighted by atomic mass is 9.79. The van der Waals surface area contributed by atoms with Crippen LogP contribution in [0.5, 0.6) is 0 Å². The highest BCUT2D eigenvalue weighted by Crippen LogP contribution is 2.29. The number of hydrogen-bond acceptors (Lipinski definition) is 4. The first-order valence-corrected chi connectivity index (χ1v) is 6.00. The zero-order valence-corrected chi connectivity index (χ0v) is 11.4. The molecule has 0 bridgehead atoms. The summed E-state index contributed by atoms with van der Waals surface area (Å²) in [5.74, 6) is -0.920. The number of rotatable bonds is 3. The van der Waals surface area contributed by atoms with Crippen molar-refractivity contribution >= 4 is 12.1 Å². The predicted molar refractivity (Wildman–Crippen MR) is 66.1 cm³/mol. The third-order valence-electron chi connectivity index (χ3n) is 3.00. The minimum Gasteiger partial charge on any atom is -0.481 e. The van der Waals surface area contributed by atoms with E-state index in [2.05, 4.69) is 0 Å². The first-order valence-electron chi connectivity index (χ1n) is 6.00. The summed E-state index contributed by atoms with van der Waals surface area (Å²) in [6.07, 6.45) is -0.468. The quantitative estimate of drug-likeness (QED) is 0.789. The minimum absolute atomic E-state index is 0.00104. The lowest BCUT2D eigenvalue weighted by molar-refractivity contribution is -0.139. The van der Waals surface area contributed by atoms with Gasteiger partial charge in [0, 0.05) is 24.5 Å². The molecular weight excluding hydrogens is 236 g/mol. The van der Waals surface area contributed by atoms with Gasteiger partial charge in [-0.15, -0.1) is 0 Å². The molecule has 0 aliphatic carbocycles. The van der Waals surface area contributed by atoms with Crippen molar-refractivity contribution in [2.75, 3.05) is 13.1 Å². The number of hydrogen-bond donors (Lipinski definition) is 2. The number of carbonyl (C=O) groups excluding carboxylic acids is 1. The normalized spacial score (nSPS) is 19.9. The fourth-order valence-electron chi connectivity index (χ4n) is 1.84. The van der Waals surface area contributed by atoms with Crippen LogP contribution < -0.4 is 5.73 Å². The third-order valence-corrected chi connectivity index (χ3v) is 3.00. The fourth-order valence-corrected chi connectivity index (χ4v) is 1.84. The Labute approximate surface area is 107 Å². The second kappa shape index (κ2) is 4.76. The van der Waals surface area contributed by atoms with Crippen LogP contribution in [0, 0.1) is 5.92 Å². The van der Waals surface area contributed by atoms with Gasteiger partial charge in [0.25, 0.3) is 0 Å². The maximum atomic E-state index is 11.7. The number of nitrogens with zero attached hydrogens (tertiary/aromatic N) is 1. The Morgan fingerprint density at radius 2 is 1.83 bits per heavy atom. The molecule has 0 aromatic carbocycles. The SMILES string of the molecule is CC(C)(C)OC(=O)N1CC(C(C)(N)CC(=O)O)C1. The van der Waals surface area contributed by atoms with Gasteiger partial charge in [-0.25, -0.2) is 4.79 Å². The average molecular weight is 258 g/mol. The molecule has 1 unspecified atom stereocenters. The van der Waals surface area contributed by atoms with Crippen molar-refractivity contribution in [1.29, 1.82) is 0 Å². The molecule has 6 heteroatoms. The van der Waals surface area contributed by atoms with Crippen molar-refractivity contribution in [3.05, 3.63) is 0 Å². The average Bonchev–Trinajstić information content (AvgIpc) is 1.91. The van der Waals surface area contributed by atoms with Gasteiger partial charge in [-0.05, 0) is 27.7 Å². The van der Waals surface area contributed by atoms with Gasteiger partial charge in [-0.2, -0.15) is 0 Å². The van der Waals surface area contributed by atoms with Crippen molar-refractivity contribution < 1.29 is 19.4 Å². The smallest absolute Gasteiger partial charge is 0.410 e. The van der Waals surface area contributed by atoms with Crippen LogP contribution in [-0.2, 0) is 9.53 Å². The first-order chi connectivity index (χ1) is 8.01. The summed E-state index contributed by atoms with van der Waals surface area (Å²) in [4.78, 5) is 23.9. The Kier molecular flexibility index (Phi) is 3.90. The second-order valence-electron chi connectivity index (χ2n) is 6.16. The van der Waals surface area contributed by atoms with Gasteiger partial charge in [0.05, 0.1) is 6.42 Å². The van der Waals surface area contributed by atoms with Crippen molar-refractivity contribution in [2.45, 2.75) is 45.3 Å². The summed E-state index contributed by atoms with van der Waals surface area (Å²) in [7, 11) is 0. The monoisotopic (exact) mass is 258 g/mol. The topological polar surface area (TPSA) is 92.9 Å². The Balaban J connectivity index is 2.44. The number of likely N-dealkylation sites (tertiary alicyclic amines) is 1. The molecule has 1 heterocycles. The highest BCUT2D eigenvalue weighted by atomic mass is 16.6. The molecule has 1 aliphatic heterocycles. The Bertz CT molecular complexity index is 340. The molecule has 0 radical (unpaired) electrons. The van der Waals surface area contributed by atoms with Crippen LogP contribution in [0.1, 0.15) is 34.1 Å². The zero-order valence-electron chi connectivity index (χ0n) is 11.4. The van der Waals surface area contributed by atoms with Gasteiger partial charge in [0.2, 0.25) is 0 Å². The van der Waals surface area contributed by atoms with Crippen LogP contribution in [0.15, 0.2) is 0 Å². The summed E-state index contributed by atoms with van der Waals surface area (Å²) in [6.45, 7) is 8.03. The molecule has 0 saturated carbocycles. The lowest BCUT2D eigenvalue weighted by Gasteiger charge is -2.46. The Hall–Kier alpha value is -1.30. The summed E-state index contributed by atoms with van der Waals surface area (Å²) in [5.41, 5.74) is 4.65. The number of carbonyl (C=O) groups is 2. The highest BCUT2D eigenvalue weighted by Gasteiger charge is 2.43.